The fourth-order valence-electron chi connectivity index (χ4n) is 5.17. The largest absolute Gasteiger partial charge is 0.496 e. The zero-order valence-corrected chi connectivity index (χ0v) is 12.9. The Morgan fingerprint density at radius 1 is 1.17 bits per heavy atom. The Kier molecular flexibility index (Phi) is 2.50. The number of rotatable bonds is 1. The second-order valence-corrected chi connectivity index (χ2v) is 6.89. The zero-order valence-electron chi connectivity index (χ0n) is 12.9. The molecule has 1 aliphatic heterocycles. The summed E-state index contributed by atoms with van der Waals surface area (Å²) in [6.45, 7) is 0. The van der Waals surface area contributed by atoms with Gasteiger partial charge in [-0.25, -0.2) is 0 Å². The van der Waals surface area contributed by atoms with Crippen molar-refractivity contribution >= 4 is 22.7 Å². The van der Waals surface area contributed by atoms with E-state index in [9.17, 15) is 9.59 Å². The van der Waals surface area contributed by atoms with E-state index in [0.29, 0.717) is 5.92 Å². The number of imide groups is 1. The van der Waals surface area contributed by atoms with Crippen molar-refractivity contribution in [2.45, 2.75) is 31.1 Å². The molecule has 2 fully saturated rings. The summed E-state index contributed by atoms with van der Waals surface area (Å²) in [7, 11) is 1.65. The third-order valence-corrected chi connectivity index (χ3v) is 5.98. The van der Waals surface area contributed by atoms with E-state index >= 15 is 0 Å². The van der Waals surface area contributed by atoms with Gasteiger partial charge in [0.1, 0.15) is 5.75 Å². The van der Waals surface area contributed by atoms with Crippen LogP contribution < -0.4 is 10.1 Å². The second-order valence-electron chi connectivity index (χ2n) is 6.89. The molecule has 2 aliphatic carbocycles. The Morgan fingerprint density at radius 3 is 2.87 bits per heavy atom. The quantitative estimate of drug-likeness (QED) is 0.795. The predicted molar refractivity (Wildman–Crippen MR) is 84.3 cm³/mol. The van der Waals surface area contributed by atoms with Gasteiger partial charge in [-0.2, -0.15) is 0 Å². The van der Waals surface area contributed by atoms with Gasteiger partial charge in [0.15, 0.2) is 0 Å². The van der Waals surface area contributed by atoms with E-state index in [4.69, 9.17) is 4.74 Å². The smallest absolute Gasteiger partial charge is 0.235 e. The minimum atomic E-state index is -0.373. The van der Waals surface area contributed by atoms with Crippen molar-refractivity contribution in [1.29, 1.82) is 0 Å². The zero-order chi connectivity index (χ0) is 15.7. The van der Waals surface area contributed by atoms with E-state index in [1.54, 1.807) is 7.11 Å². The molecule has 2 amide bonds. The minimum absolute atomic E-state index is 0.0909. The van der Waals surface area contributed by atoms with E-state index < -0.39 is 0 Å². The number of methoxy groups -OCH3 is 1. The summed E-state index contributed by atoms with van der Waals surface area (Å²) in [4.78, 5) is 28.5. The highest BCUT2D eigenvalue weighted by Crippen LogP contribution is 2.57. The maximum atomic E-state index is 12.5. The maximum absolute atomic E-state index is 12.5. The number of hydrogen-bond donors (Lipinski definition) is 2. The van der Waals surface area contributed by atoms with Gasteiger partial charge in [-0.15, -0.1) is 0 Å². The Morgan fingerprint density at radius 2 is 2.04 bits per heavy atom. The average Bonchev–Trinajstić information content (AvgIpc) is 3.22. The molecule has 4 atom stereocenters. The third kappa shape index (κ3) is 1.52. The van der Waals surface area contributed by atoms with Crippen LogP contribution in [0.4, 0.5) is 0 Å². The van der Waals surface area contributed by atoms with Crippen molar-refractivity contribution < 1.29 is 14.3 Å². The molecule has 4 unspecified atom stereocenters. The molecule has 5 rings (SSSR count). The van der Waals surface area contributed by atoms with Gasteiger partial charge >= 0.3 is 0 Å². The minimum Gasteiger partial charge on any atom is -0.496 e. The van der Waals surface area contributed by atoms with Crippen LogP contribution in [0.1, 0.15) is 42.4 Å². The highest BCUT2D eigenvalue weighted by Gasteiger charge is 2.55. The van der Waals surface area contributed by atoms with Crippen LogP contribution in [0.15, 0.2) is 18.2 Å². The third-order valence-electron chi connectivity index (χ3n) is 5.98. The lowest BCUT2D eigenvalue weighted by Gasteiger charge is -2.33. The number of nitrogens with one attached hydrogen (secondary N) is 2. The summed E-state index contributed by atoms with van der Waals surface area (Å²) in [6.07, 6.45) is 3.22. The number of benzene rings is 1. The second kappa shape index (κ2) is 4.37. The molecule has 1 aromatic heterocycles. The van der Waals surface area contributed by atoms with Crippen LogP contribution in [-0.2, 0) is 9.59 Å². The molecule has 5 heteroatoms. The van der Waals surface area contributed by atoms with Crippen LogP contribution in [-0.4, -0.2) is 23.9 Å². The van der Waals surface area contributed by atoms with Gasteiger partial charge in [0.2, 0.25) is 11.8 Å². The summed E-state index contributed by atoms with van der Waals surface area (Å²) >= 11 is 0. The summed E-state index contributed by atoms with van der Waals surface area (Å²) in [6, 6.07) is 5.89. The molecule has 0 bridgehead atoms. The lowest BCUT2D eigenvalue weighted by Crippen LogP contribution is -2.32. The van der Waals surface area contributed by atoms with Gasteiger partial charge in [0, 0.05) is 22.5 Å². The first-order chi connectivity index (χ1) is 11.2. The molecular weight excluding hydrogens is 292 g/mol. The van der Waals surface area contributed by atoms with Crippen molar-refractivity contribution in [3.63, 3.8) is 0 Å². The molecule has 2 aromatic rings. The average molecular weight is 310 g/mol. The first-order valence-corrected chi connectivity index (χ1v) is 8.24. The highest BCUT2D eigenvalue weighted by molar-refractivity contribution is 6.11. The van der Waals surface area contributed by atoms with E-state index in [0.717, 1.165) is 47.2 Å². The van der Waals surface area contributed by atoms with E-state index in [-0.39, 0.29) is 29.6 Å². The number of fused-ring (bicyclic) bond motifs is 8. The normalized spacial score (nSPS) is 31.7. The monoisotopic (exact) mass is 310 g/mol. The summed E-state index contributed by atoms with van der Waals surface area (Å²) in [5.41, 5.74) is 3.14. The number of carbonyl (C=O) groups excluding carboxylic acids is 2. The first-order valence-electron chi connectivity index (χ1n) is 8.24. The molecule has 5 nitrogen and oxygen atoms in total. The molecule has 2 N–H and O–H groups in total. The molecule has 1 aromatic carbocycles. The van der Waals surface area contributed by atoms with Crippen molar-refractivity contribution in [3.8, 4) is 5.75 Å². The Labute approximate surface area is 133 Å². The van der Waals surface area contributed by atoms with E-state index in [2.05, 4.69) is 10.3 Å². The topological polar surface area (TPSA) is 71.2 Å². The van der Waals surface area contributed by atoms with Crippen molar-refractivity contribution in [2.75, 3.05) is 7.11 Å². The van der Waals surface area contributed by atoms with E-state index in [1.807, 2.05) is 18.2 Å². The van der Waals surface area contributed by atoms with Gasteiger partial charge in [0.05, 0.1) is 18.9 Å². The van der Waals surface area contributed by atoms with Gasteiger partial charge in [-0.05, 0) is 36.5 Å². The maximum Gasteiger partial charge on any atom is 0.235 e. The molecule has 0 radical (unpaired) electrons. The summed E-state index contributed by atoms with van der Waals surface area (Å²) < 4.78 is 5.54. The van der Waals surface area contributed by atoms with Gasteiger partial charge in [-0.3, -0.25) is 14.9 Å². The van der Waals surface area contributed by atoms with Gasteiger partial charge in [0.25, 0.3) is 0 Å². The fourth-order valence-corrected chi connectivity index (χ4v) is 5.17. The molecule has 23 heavy (non-hydrogen) atoms. The Balaban J connectivity index is 1.86. The number of H-pyrrole nitrogens is 1. The van der Waals surface area contributed by atoms with Crippen LogP contribution in [0.2, 0.25) is 0 Å². The predicted octanol–water partition coefficient (Wildman–Crippen LogP) is 2.43. The van der Waals surface area contributed by atoms with Crippen LogP contribution in [0.5, 0.6) is 5.75 Å². The molecule has 2 heterocycles. The molecule has 1 saturated heterocycles. The van der Waals surface area contributed by atoms with Crippen molar-refractivity contribution in [1.82, 2.24) is 10.3 Å². The number of aromatic nitrogens is 1. The number of hydrogen-bond acceptors (Lipinski definition) is 3. The number of aromatic amines is 1. The van der Waals surface area contributed by atoms with E-state index in [1.165, 1.54) is 0 Å². The molecule has 0 spiro atoms. The van der Waals surface area contributed by atoms with Crippen LogP contribution in [0, 0.1) is 11.8 Å². The summed E-state index contributed by atoms with van der Waals surface area (Å²) in [5.74, 6) is 0.555. The van der Waals surface area contributed by atoms with Crippen molar-refractivity contribution in [2.24, 2.45) is 11.8 Å². The Hall–Kier alpha value is -2.30. The summed E-state index contributed by atoms with van der Waals surface area (Å²) in [5, 5.41) is 3.54. The van der Waals surface area contributed by atoms with Crippen molar-refractivity contribution in [3.05, 3.63) is 29.5 Å². The van der Waals surface area contributed by atoms with Crippen LogP contribution in [0.3, 0.4) is 0 Å². The lowest BCUT2D eigenvalue weighted by molar-refractivity contribution is -0.126. The molecular formula is C18H18N2O3. The standard InChI is InChI=1S/C18H18N2O3/c1-23-11-7-3-6-10-13(11)14-15-12(17(21)20-18(15)22)8-4-2-5-9(8)16(14)19-10/h3,6-9,12,15,19H,2,4-5H2,1H3,(H,20,21,22). The lowest BCUT2D eigenvalue weighted by atomic mass is 9.67. The molecule has 118 valence electrons. The first kappa shape index (κ1) is 13.2. The van der Waals surface area contributed by atoms with Gasteiger partial charge < -0.3 is 9.72 Å². The number of amides is 2. The molecule has 1 saturated carbocycles. The fraction of sp³-hybridized carbons (Fsp3) is 0.444. The van der Waals surface area contributed by atoms with Crippen LogP contribution >= 0.6 is 0 Å². The number of carbonyl (C=O) groups is 2. The van der Waals surface area contributed by atoms with Gasteiger partial charge in [-0.1, -0.05) is 12.5 Å². The van der Waals surface area contributed by atoms with Crippen LogP contribution in [0.25, 0.3) is 10.9 Å². The number of ether oxygens (including phenoxy) is 1. The Bertz CT molecular complexity index is 853. The highest BCUT2D eigenvalue weighted by atomic mass is 16.5. The SMILES string of the molecule is COc1cccc2[nH]c3c(c12)C1C(=O)NC(=O)C1C1CCCC31. The molecule has 3 aliphatic rings.